The molecule has 0 aliphatic carbocycles. The lowest BCUT2D eigenvalue weighted by Gasteiger charge is -2.05. The van der Waals surface area contributed by atoms with E-state index < -0.39 is 4.92 Å². The first-order valence-electron chi connectivity index (χ1n) is 5.47. The van der Waals surface area contributed by atoms with Gasteiger partial charge in [-0.1, -0.05) is 0 Å². The minimum atomic E-state index is -0.573. The fraction of sp³-hybridized carbons (Fsp3) is 0.182. The van der Waals surface area contributed by atoms with E-state index in [0.717, 1.165) is 5.82 Å². The summed E-state index contributed by atoms with van der Waals surface area (Å²) in [7, 11) is 0. The van der Waals surface area contributed by atoms with Crippen molar-refractivity contribution in [3.8, 4) is 6.07 Å². The van der Waals surface area contributed by atoms with Gasteiger partial charge in [-0.15, -0.1) is 0 Å². The number of aromatic nitrogens is 3. The molecule has 0 saturated carbocycles. The molecule has 8 nitrogen and oxygen atoms in total. The minimum Gasteiger partial charge on any atom is -0.385 e. The molecule has 8 heteroatoms. The number of hydrogen-bond acceptors (Lipinski definition) is 6. The maximum absolute atomic E-state index is 10.7. The van der Waals surface area contributed by atoms with Crippen LogP contribution in [-0.2, 0) is 6.42 Å². The zero-order valence-corrected chi connectivity index (χ0v) is 9.83. The Balaban J connectivity index is 2.01. The van der Waals surface area contributed by atoms with Crippen LogP contribution in [0.2, 0.25) is 0 Å². The van der Waals surface area contributed by atoms with Crippen LogP contribution in [-0.4, -0.2) is 26.6 Å². The highest BCUT2D eigenvalue weighted by atomic mass is 16.6. The summed E-state index contributed by atoms with van der Waals surface area (Å²) in [5.41, 5.74) is 0.500. The van der Waals surface area contributed by atoms with Crippen LogP contribution in [0.3, 0.4) is 0 Å². The summed E-state index contributed by atoms with van der Waals surface area (Å²) in [5, 5.41) is 29.1. The second kappa shape index (κ2) is 5.59. The van der Waals surface area contributed by atoms with Crippen molar-refractivity contribution in [2.75, 3.05) is 11.9 Å². The standard InChI is InChI=1S/C11H10N6O2/c12-6-8-5-9(1-2-10(8)17(18)19)13-4-3-11-14-7-15-16-11/h1-2,5,7,13H,3-4H2,(H,14,15,16). The van der Waals surface area contributed by atoms with E-state index in [-0.39, 0.29) is 11.3 Å². The summed E-state index contributed by atoms with van der Waals surface area (Å²) in [6.07, 6.45) is 2.06. The Labute approximate surface area is 108 Å². The number of anilines is 1. The van der Waals surface area contributed by atoms with Crippen molar-refractivity contribution in [2.45, 2.75) is 6.42 Å². The normalized spacial score (nSPS) is 9.84. The van der Waals surface area contributed by atoms with E-state index in [1.807, 2.05) is 6.07 Å². The summed E-state index contributed by atoms with van der Waals surface area (Å²) in [6, 6.07) is 6.15. The number of rotatable bonds is 5. The topological polar surface area (TPSA) is 121 Å². The van der Waals surface area contributed by atoms with Crippen LogP contribution < -0.4 is 5.32 Å². The Morgan fingerprint density at radius 2 is 2.37 bits per heavy atom. The predicted molar refractivity (Wildman–Crippen MR) is 66.4 cm³/mol. The van der Waals surface area contributed by atoms with Crippen molar-refractivity contribution in [1.82, 2.24) is 15.2 Å². The van der Waals surface area contributed by atoms with E-state index in [1.54, 1.807) is 6.07 Å². The average Bonchev–Trinajstić information content (AvgIpc) is 2.91. The van der Waals surface area contributed by atoms with Crippen molar-refractivity contribution >= 4 is 11.4 Å². The third kappa shape index (κ3) is 3.04. The Hall–Kier alpha value is -2.95. The van der Waals surface area contributed by atoms with E-state index in [4.69, 9.17) is 5.26 Å². The molecule has 1 heterocycles. The van der Waals surface area contributed by atoms with Gasteiger partial charge in [-0.05, 0) is 12.1 Å². The van der Waals surface area contributed by atoms with Gasteiger partial charge in [-0.25, -0.2) is 4.98 Å². The number of aromatic amines is 1. The van der Waals surface area contributed by atoms with Gasteiger partial charge in [0, 0.05) is 24.7 Å². The Kier molecular flexibility index (Phi) is 3.68. The van der Waals surface area contributed by atoms with E-state index in [9.17, 15) is 10.1 Å². The number of H-pyrrole nitrogens is 1. The number of nitrogens with zero attached hydrogens (tertiary/aromatic N) is 4. The molecule has 0 amide bonds. The highest BCUT2D eigenvalue weighted by Gasteiger charge is 2.13. The average molecular weight is 258 g/mol. The summed E-state index contributed by atoms with van der Waals surface area (Å²) in [6.45, 7) is 0.581. The van der Waals surface area contributed by atoms with E-state index in [0.29, 0.717) is 18.7 Å². The Bertz CT molecular complexity index is 617. The first-order chi connectivity index (χ1) is 9.20. The van der Waals surface area contributed by atoms with Gasteiger partial charge in [0.25, 0.3) is 5.69 Å². The van der Waals surface area contributed by atoms with Crippen LogP contribution in [0.25, 0.3) is 0 Å². The lowest BCUT2D eigenvalue weighted by atomic mass is 10.1. The summed E-state index contributed by atoms with van der Waals surface area (Å²) >= 11 is 0. The van der Waals surface area contributed by atoms with Gasteiger partial charge < -0.3 is 5.32 Å². The first-order valence-corrected chi connectivity index (χ1v) is 5.47. The highest BCUT2D eigenvalue weighted by molar-refractivity contribution is 5.58. The van der Waals surface area contributed by atoms with Gasteiger partial charge in [0.2, 0.25) is 0 Å². The molecule has 0 aliphatic heterocycles. The van der Waals surface area contributed by atoms with Crippen LogP contribution in [0.1, 0.15) is 11.4 Å². The second-order valence-electron chi connectivity index (χ2n) is 3.71. The molecule has 0 radical (unpaired) electrons. The number of nitro groups is 1. The van der Waals surface area contributed by atoms with Crippen LogP contribution in [0.4, 0.5) is 11.4 Å². The zero-order chi connectivity index (χ0) is 13.7. The fourth-order valence-corrected chi connectivity index (χ4v) is 1.57. The van der Waals surface area contributed by atoms with Crippen LogP contribution >= 0.6 is 0 Å². The maximum Gasteiger partial charge on any atom is 0.287 e. The third-order valence-electron chi connectivity index (χ3n) is 2.47. The number of hydrogen-bond donors (Lipinski definition) is 2. The molecule has 1 aromatic heterocycles. The van der Waals surface area contributed by atoms with Crippen molar-refractivity contribution in [2.24, 2.45) is 0 Å². The molecule has 0 saturated heterocycles. The van der Waals surface area contributed by atoms with Crippen molar-refractivity contribution < 1.29 is 4.92 Å². The van der Waals surface area contributed by atoms with Crippen LogP contribution in [0.5, 0.6) is 0 Å². The first kappa shape index (κ1) is 12.5. The molecule has 0 aliphatic rings. The molecule has 0 fully saturated rings. The maximum atomic E-state index is 10.7. The second-order valence-corrected chi connectivity index (χ2v) is 3.71. The van der Waals surface area contributed by atoms with Gasteiger partial charge in [0.15, 0.2) is 0 Å². The van der Waals surface area contributed by atoms with Crippen molar-refractivity contribution in [3.05, 3.63) is 46.0 Å². The Morgan fingerprint density at radius 3 is 3.00 bits per heavy atom. The molecular formula is C11H10N6O2. The van der Waals surface area contributed by atoms with Gasteiger partial charge >= 0.3 is 0 Å². The summed E-state index contributed by atoms with van der Waals surface area (Å²) in [5.74, 6) is 0.745. The van der Waals surface area contributed by atoms with Crippen LogP contribution in [0.15, 0.2) is 24.5 Å². The minimum absolute atomic E-state index is 0.0367. The molecule has 2 N–H and O–H groups in total. The molecule has 1 aromatic carbocycles. The fourth-order valence-electron chi connectivity index (χ4n) is 1.57. The number of nitro benzene ring substituents is 1. The summed E-state index contributed by atoms with van der Waals surface area (Å²) in [4.78, 5) is 14.1. The predicted octanol–water partition coefficient (Wildman–Crippen LogP) is 1.24. The number of benzene rings is 1. The summed E-state index contributed by atoms with van der Waals surface area (Å²) < 4.78 is 0. The number of nitrogens with one attached hydrogen (secondary N) is 2. The lowest BCUT2D eigenvalue weighted by Crippen LogP contribution is -2.06. The largest absolute Gasteiger partial charge is 0.385 e. The molecule has 19 heavy (non-hydrogen) atoms. The van der Waals surface area contributed by atoms with E-state index in [1.165, 1.54) is 18.5 Å². The number of nitriles is 1. The lowest BCUT2D eigenvalue weighted by molar-refractivity contribution is -0.385. The van der Waals surface area contributed by atoms with Crippen molar-refractivity contribution in [3.63, 3.8) is 0 Å². The highest BCUT2D eigenvalue weighted by Crippen LogP contribution is 2.21. The molecule has 0 unspecified atom stereocenters. The van der Waals surface area contributed by atoms with E-state index >= 15 is 0 Å². The monoisotopic (exact) mass is 258 g/mol. The van der Waals surface area contributed by atoms with Crippen LogP contribution in [0, 0.1) is 21.4 Å². The Morgan fingerprint density at radius 1 is 1.53 bits per heavy atom. The molecule has 0 bridgehead atoms. The molecular weight excluding hydrogens is 248 g/mol. The smallest absolute Gasteiger partial charge is 0.287 e. The van der Waals surface area contributed by atoms with Gasteiger partial charge in [0.1, 0.15) is 23.8 Å². The van der Waals surface area contributed by atoms with Crippen molar-refractivity contribution in [1.29, 1.82) is 5.26 Å². The van der Waals surface area contributed by atoms with Gasteiger partial charge in [0.05, 0.1) is 4.92 Å². The molecule has 2 aromatic rings. The SMILES string of the molecule is N#Cc1cc(NCCc2ncn[nH]2)ccc1[N+](=O)[O-]. The molecule has 2 rings (SSSR count). The van der Waals surface area contributed by atoms with Gasteiger partial charge in [-0.2, -0.15) is 10.4 Å². The van der Waals surface area contributed by atoms with Gasteiger partial charge in [-0.3, -0.25) is 15.2 Å². The third-order valence-corrected chi connectivity index (χ3v) is 2.47. The quantitative estimate of drug-likeness (QED) is 0.614. The zero-order valence-electron chi connectivity index (χ0n) is 9.83. The molecule has 0 spiro atoms. The van der Waals surface area contributed by atoms with E-state index in [2.05, 4.69) is 20.5 Å². The molecule has 0 atom stereocenters. The molecule has 96 valence electrons.